The van der Waals surface area contributed by atoms with E-state index in [1.54, 1.807) is 18.2 Å². The number of para-hydroxylation sites is 1. The molecule has 1 rings (SSSR count). The van der Waals surface area contributed by atoms with Crippen molar-refractivity contribution in [3.05, 3.63) is 29.3 Å². The summed E-state index contributed by atoms with van der Waals surface area (Å²) in [4.78, 5) is 11.5. The van der Waals surface area contributed by atoms with Crippen molar-refractivity contribution in [2.45, 2.75) is 6.42 Å². The van der Waals surface area contributed by atoms with Crippen LogP contribution in [-0.2, 0) is 0 Å². The highest BCUT2D eigenvalue weighted by Crippen LogP contribution is 2.18. The third kappa shape index (κ3) is 2.04. The number of Topliss-reactive ketones (excluding diaryl/α,β-unsaturated/α-hetero) is 1. The average molecular weight is 209 g/mol. The van der Waals surface area contributed by atoms with Gasteiger partial charge < -0.3 is 5.73 Å². The highest BCUT2D eigenvalue weighted by atomic mass is 35.5. The number of alkyl halides is 1. The van der Waals surface area contributed by atoms with Gasteiger partial charge in [0.25, 0.3) is 0 Å². The Morgan fingerprint density at radius 3 is 2.86 bits per heavy atom. The summed E-state index contributed by atoms with van der Waals surface area (Å²) in [6, 6.07) is 6.74. The minimum Gasteiger partial charge on any atom is -0.397 e. The van der Waals surface area contributed by atoms with Gasteiger partial charge in [-0.3, -0.25) is 4.79 Å². The first kappa shape index (κ1) is 10.6. The number of nitrogens with two attached hydrogens (primary N) is 1. The van der Waals surface area contributed by atoms with Gasteiger partial charge >= 0.3 is 0 Å². The molecule has 14 heavy (non-hydrogen) atoms. The van der Waals surface area contributed by atoms with Gasteiger partial charge in [0.1, 0.15) is 6.07 Å². The third-order valence-electron chi connectivity index (χ3n) is 1.85. The Hall–Kier alpha value is -1.53. The molecule has 0 aliphatic heterocycles. The molecular weight excluding hydrogens is 200 g/mol. The third-order valence-corrected chi connectivity index (χ3v) is 2.04. The molecule has 0 unspecified atom stereocenters. The maximum Gasteiger partial charge on any atom is 0.166 e. The molecule has 0 fully saturated rings. The minimum atomic E-state index is -0.130. The van der Waals surface area contributed by atoms with Crippen LogP contribution in [0.15, 0.2) is 18.2 Å². The highest BCUT2D eigenvalue weighted by Gasteiger charge is 2.11. The average Bonchev–Trinajstić information content (AvgIpc) is 2.18. The van der Waals surface area contributed by atoms with Crippen molar-refractivity contribution in [1.82, 2.24) is 0 Å². The van der Waals surface area contributed by atoms with Crippen LogP contribution in [0.5, 0.6) is 0 Å². The molecule has 0 heterocycles. The predicted molar refractivity (Wildman–Crippen MR) is 55.2 cm³/mol. The van der Waals surface area contributed by atoms with E-state index in [0.29, 0.717) is 11.1 Å². The van der Waals surface area contributed by atoms with Crippen LogP contribution in [0.1, 0.15) is 22.3 Å². The monoisotopic (exact) mass is 208 g/mol. The summed E-state index contributed by atoms with van der Waals surface area (Å²) in [7, 11) is 0. The van der Waals surface area contributed by atoms with Crippen molar-refractivity contribution in [2.75, 3.05) is 11.6 Å². The van der Waals surface area contributed by atoms with Gasteiger partial charge in [-0.05, 0) is 12.1 Å². The molecule has 3 nitrogen and oxygen atoms in total. The Morgan fingerprint density at radius 2 is 2.29 bits per heavy atom. The number of carbonyl (C=O) groups excluding carboxylic acids is 1. The van der Waals surface area contributed by atoms with Gasteiger partial charge in [0.2, 0.25) is 0 Å². The van der Waals surface area contributed by atoms with Crippen LogP contribution in [0.4, 0.5) is 5.69 Å². The zero-order valence-electron chi connectivity index (χ0n) is 7.46. The summed E-state index contributed by atoms with van der Waals surface area (Å²) in [5.74, 6) is 0.129. The van der Waals surface area contributed by atoms with E-state index in [2.05, 4.69) is 0 Å². The molecule has 4 heteroatoms. The molecule has 1 aromatic carbocycles. The number of ketones is 1. The maximum absolute atomic E-state index is 11.5. The van der Waals surface area contributed by atoms with Crippen LogP contribution in [0.2, 0.25) is 0 Å². The van der Waals surface area contributed by atoms with E-state index >= 15 is 0 Å². The summed E-state index contributed by atoms with van der Waals surface area (Å²) < 4.78 is 0. The molecule has 1 aromatic rings. The number of halogens is 1. The van der Waals surface area contributed by atoms with Gasteiger partial charge in [0.05, 0.1) is 11.3 Å². The van der Waals surface area contributed by atoms with Gasteiger partial charge in [-0.25, -0.2) is 0 Å². The fraction of sp³-hybridized carbons (Fsp3) is 0.200. The van der Waals surface area contributed by atoms with Crippen LogP contribution in [0, 0.1) is 11.3 Å². The molecule has 0 atom stereocenters. The smallest absolute Gasteiger partial charge is 0.166 e. The number of hydrogen-bond acceptors (Lipinski definition) is 3. The Kier molecular flexibility index (Phi) is 3.49. The van der Waals surface area contributed by atoms with Gasteiger partial charge in [-0.15, -0.1) is 11.6 Å². The number of nitriles is 1. The molecule has 0 bridgehead atoms. The number of carbonyl (C=O) groups is 1. The van der Waals surface area contributed by atoms with Gasteiger partial charge in [0.15, 0.2) is 5.78 Å². The second kappa shape index (κ2) is 4.64. The summed E-state index contributed by atoms with van der Waals surface area (Å²) in [5.41, 5.74) is 6.58. The summed E-state index contributed by atoms with van der Waals surface area (Å²) in [5, 5.41) is 8.69. The van der Waals surface area contributed by atoms with Crippen LogP contribution in [0.3, 0.4) is 0 Å². The quantitative estimate of drug-likeness (QED) is 0.469. The van der Waals surface area contributed by atoms with Crippen molar-refractivity contribution in [3.8, 4) is 6.07 Å². The number of nitrogens with zero attached hydrogens (tertiary/aromatic N) is 1. The van der Waals surface area contributed by atoms with Crippen molar-refractivity contribution in [3.63, 3.8) is 0 Å². The molecule has 0 aliphatic rings. The van der Waals surface area contributed by atoms with E-state index in [0.717, 1.165) is 0 Å². The SMILES string of the molecule is N#Cc1cccc(C(=O)CCCl)c1N. The van der Waals surface area contributed by atoms with Crippen molar-refractivity contribution in [2.24, 2.45) is 0 Å². The molecule has 0 radical (unpaired) electrons. The summed E-state index contributed by atoms with van der Waals surface area (Å²) in [6.07, 6.45) is 0.237. The molecule has 2 N–H and O–H groups in total. The van der Waals surface area contributed by atoms with E-state index in [9.17, 15) is 4.79 Å². The van der Waals surface area contributed by atoms with E-state index < -0.39 is 0 Å². The van der Waals surface area contributed by atoms with Crippen LogP contribution >= 0.6 is 11.6 Å². The predicted octanol–water partition coefficient (Wildman–Crippen LogP) is 1.95. The highest BCUT2D eigenvalue weighted by molar-refractivity contribution is 6.20. The lowest BCUT2D eigenvalue weighted by molar-refractivity contribution is 0.0990. The Labute approximate surface area is 87.1 Å². The first-order valence-electron chi connectivity index (χ1n) is 4.08. The summed E-state index contributed by atoms with van der Waals surface area (Å²) >= 11 is 5.45. The molecule has 0 saturated carbocycles. The molecule has 72 valence electrons. The van der Waals surface area contributed by atoms with Gasteiger partial charge in [-0.2, -0.15) is 5.26 Å². The Morgan fingerprint density at radius 1 is 1.57 bits per heavy atom. The van der Waals surface area contributed by atoms with Crippen molar-refractivity contribution in [1.29, 1.82) is 5.26 Å². The minimum absolute atomic E-state index is 0.130. The fourth-order valence-corrected chi connectivity index (χ4v) is 1.30. The van der Waals surface area contributed by atoms with Crippen LogP contribution in [0.25, 0.3) is 0 Å². The Bertz CT molecular complexity index is 396. The number of benzene rings is 1. The molecule has 0 saturated heterocycles. The number of hydrogen-bond donors (Lipinski definition) is 1. The topological polar surface area (TPSA) is 66.9 Å². The second-order valence-corrected chi connectivity index (χ2v) is 3.12. The van der Waals surface area contributed by atoms with E-state index in [-0.39, 0.29) is 23.8 Å². The lowest BCUT2D eigenvalue weighted by Crippen LogP contribution is -2.05. The first-order valence-corrected chi connectivity index (χ1v) is 4.62. The second-order valence-electron chi connectivity index (χ2n) is 2.74. The number of anilines is 1. The summed E-state index contributed by atoms with van der Waals surface area (Å²) in [6.45, 7) is 0. The normalized spacial score (nSPS) is 9.43. The molecule has 0 amide bonds. The molecular formula is C10H9ClN2O. The van der Waals surface area contributed by atoms with E-state index in [1.807, 2.05) is 6.07 Å². The lowest BCUT2D eigenvalue weighted by atomic mass is 10.0. The van der Waals surface area contributed by atoms with Crippen LogP contribution in [-0.4, -0.2) is 11.7 Å². The molecule has 0 spiro atoms. The van der Waals surface area contributed by atoms with E-state index in [1.165, 1.54) is 0 Å². The lowest BCUT2D eigenvalue weighted by Gasteiger charge is -2.04. The number of rotatable bonds is 3. The van der Waals surface area contributed by atoms with Gasteiger partial charge in [0, 0.05) is 17.9 Å². The van der Waals surface area contributed by atoms with Crippen molar-refractivity contribution < 1.29 is 4.79 Å². The Balaban J connectivity index is 3.11. The van der Waals surface area contributed by atoms with Crippen molar-refractivity contribution >= 4 is 23.1 Å². The maximum atomic E-state index is 11.5. The standard InChI is InChI=1S/C10H9ClN2O/c11-5-4-9(14)8-3-1-2-7(6-12)10(8)13/h1-3H,4-5,13H2. The van der Waals surface area contributed by atoms with E-state index in [4.69, 9.17) is 22.6 Å². The van der Waals surface area contributed by atoms with Crippen LogP contribution < -0.4 is 5.73 Å². The zero-order valence-corrected chi connectivity index (χ0v) is 8.21. The number of nitrogen functional groups attached to an aromatic ring is 1. The molecule has 0 aliphatic carbocycles. The fourth-order valence-electron chi connectivity index (χ4n) is 1.13. The largest absolute Gasteiger partial charge is 0.397 e. The molecule has 0 aromatic heterocycles. The first-order chi connectivity index (χ1) is 6.70. The van der Waals surface area contributed by atoms with Gasteiger partial charge in [-0.1, -0.05) is 6.07 Å². The zero-order chi connectivity index (χ0) is 10.6.